The minimum Gasteiger partial charge on any atom is -0.267 e. The zero-order valence-corrected chi connectivity index (χ0v) is 19.0. The Morgan fingerprint density at radius 1 is 0.969 bits per heavy atom. The maximum Gasteiger partial charge on any atom is 0.271 e. The molecule has 1 N–H and O–H groups in total. The number of benzene rings is 3. The van der Waals surface area contributed by atoms with Gasteiger partial charge in [-0.05, 0) is 66.6 Å². The molecule has 0 saturated heterocycles. The Bertz CT molecular complexity index is 1230. The summed E-state index contributed by atoms with van der Waals surface area (Å²) >= 11 is 5.89. The van der Waals surface area contributed by atoms with Crippen LogP contribution in [0.5, 0.6) is 0 Å². The second kappa shape index (κ2) is 9.93. The average Bonchev–Trinajstić information content (AvgIpc) is 2.76. The van der Waals surface area contributed by atoms with E-state index in [0.717, 1.165) is 11.8 Å². The van der Waals surface area contributed by atoms with E-state index < -0.39 is 15.9 Å². The zero-order valence-electron chi connectivity index (χ0n) is 17.4. The molecular weight excluding hydrogens is 453 g/mol. The molecule has 0 spiro atoms. The molecule has 32 heavy (non-hydrogen) atoms. The monoisotopic (exact) mass is 473 g/mol. The van der Waals surface area contributed by atoms with Crippen molar-refractivity contribution >= 4 is 38.9 Å². The van der Waals surface area contributed by atoms with Gasteiger partial charge in [-0.15, -0.1) is 0 Å². The zero-order chi connectivity index (χ0) is 23.3. The minimum atomic E-state index is -3.56. The summed E-state index contributed by atoms with van der Waals surface area (Å²) in [6.07, 6.45) is 1.12. The van der Waals surface area contributed by atoms with Crippen LogP contribution in [0.4, 0.5) is 10.1 Å². The number of carbonyl (C=O) groups excluding carboxylic acids is 1. The van der Waals surface area contributed by atoms with Gasteiger partial charge < -0.3 is 0 Å². The molecular formula is C23H21ClFN3O3S. The first kappa shape index (κ1) is 23.4. The minimum absolute atomic E-state index is 0.128. The molecule has 0 aliphatic rings. The summed E-state index contributed by atoms with van der Waals surface area (Å²) in [4.78, 5) is 12.4. The topological polar surface area (TPSA) is 78.8 Å². The summed E-state index contributed by atoms with van der Waals surface area (Å²) in [6, 6.07) is 18.8. The summed E-state index contributed by atoms with van der Waals surface area (Å²) in [5.74, 6) is -0.813. The SMILES string of the molecule is C/C(=N/NC(=O)c1ccc(N(Cc2ccc(Cl)cc2)S(C)(=O)=O)cc1)c1ccc(F)cc1. The number of nitrogens with zero attached hydrogens (tertiary/aromatic N) is 2. The molecule has 0 heterocycles. The lowest BCUT2D eigenvalue weighted by Gasteiger charge is -2.22. The Morgan fingerprint density at radius 2 is 1.53 bits per heavy atom. The van der Waals surface area contributed by atoms with Crippen molar-refractivity contribution in [1.29, 1.82) is 0 Å². The van der Waals surface area contributed by atoms with E-state index in [2.05, 4.69) is 10.5 Å². The molecule has 3 aromatic rings. The Labute approximate surface area is 191 Å². The number of sulfonamides is 1. The van der Waals surface area contributed by atoms with E-state index in [1.807, 2.05) is 0 Å². The molecule has 9 heteroatoms. The quantitative estimate of drug-likeness (QED) is 0.402. The maximum absolute atomic E-state index is 13.0. The fraction of sp³-hybridized carbons (Fsp3) is 0.130. The van der Waals surface area contributed by atoms with Gasteiger partial charge in [0.1, 0.15) is 5.82 Å². The molecule has 3 aromatic carbocycles. The van der Waals surface area contributed by atoms with E-state index in [0.29, 0.717) is 27.5 Å². The van der Waals surface area contributed by atoms with Gasteiger partial charge in [-0.3, -0.25) is 9.10 Å². The number of nitrogens with one attached hydrogen (secondary N) is 1. The first-order valence-electron chi connectivity index (χ1n) is 9.56. The normalized spacial score (nSPS) is 11.8. The number of hydrogen-bond acceptors (Lipinski definition) is 4. The highest BCUT2D eigenvalue weighted by Crippen LogP contribution is 2.22. The highest BCUT2D eigenvalue weighted by molar-refractivity contribution is 7.92. The second-order valence-corrected chi connectivity index (χ2v) is 9.43. The van der Waals surface area contributed by atoms with E-state index in [1.165, 1.54) is 28.6 Å². The van der Waals surface area contributed by atoms with Crippen LogP contribution in [0.3, 0.4) is 0 Å². The standard InChI is InChI=1S/C23H21ClFN3O3S/c1-16(18-5-11-21(25)12-6-18)26-27-23(29)19-7-13-22(14-8-19)28(32(2,30)31)15-17-3-9-20(24)10-4-17/h3-14H,15H2,1-2H3,(H,27,29)/b26-16-. The molecule has 0 atom stereocenters. The molecule has 0 fully saturated rings. The fourth-order valence-electron chi connectivity index (χ4n) is 2.89. The Balaban J connectivity index is 1.74. The Hall–Kier alpha value is -3.23. The van der Waals surface area contributed by atoms with Gasteiger partial charge in [0.25, 0.3) is 5.91 Å². The van der Waals surface area contributed by atoms with Crippen LogP contribution in [0.2, 0.25) is 5.02 Å². The molecule has 166 valence electrons. The lowest BCUT2D eigenvalue weighted by Crippen LogP contribution is -2.29. The highest BCUT2D eigenvalue weighted by Gasteiger charge is 2.18. The number of anilines is 1. The van der Waals surface area contributed by atoms with Crippen molar-refractivity contribution in [2.24, 2.45) is 5.10 Å². The number of halogens is 2. The number of carbonyl (C=O) groups is 1. The van der Waals surface area contributed by atoms with E-state index in [-0.39, 0.29) is 12.4 Å². The van der Waals surface area contributed by atoms with Crippen molar-refractivity contribution in [1.82, 2.24) is 5.43 Å². The van der Waals surface area contributed by atoms with Gasteiger partial charge in [-0.1, -0.05) is 35.9 Å². The summed E-state index contributed by atoms with van der Waals surface area (Å²) in [6.45, 7) is 1.82. The van der Waals surface area contributed by atoms with Gasteiger partial charge in [0.05, 0.1) is 24.2 Å². The number of rotatable bonds is 7. The summed E-state index contributed by atoms with van der Waals surface area (Å²) < 4.78 is 38.9. The van der Waals surface area contributed by atoms with Crippen molar-refractivity contribution in [3.63, 3.8) is 0 Å². The molecule has 6 nitrogen and oxygen atoms in total. The molecule has 0 saturated carbocycles. The van der Waals surface area contributed by atoms with Gasteiger partial charge in [0, 0.05) is 10.6 Å². The van der Waals surface area contributed by atoms with E-state index >= 15 is 0 Å². The van der Waals surface area contributed by atoms with Gasteiger partial charge >= 0.3 is 0 Å². The molecule has 3 rings (SSSR count). The number of hydrogen-bond donors (Lipinski definition) is 1. The summed E-state index contributed by atoms with van der Waals surface area (Å²) in [7, 11) is -3.56. The van der Waals surface area contributed by atoms with Crippen molar-refractivity contribution in [3.05, 3.63) is 100 Å². The first-order valence-corrected chi connectivity index (χ1v) is 11.8. The van der Waals surface area contributed by atoms with Gasteiger partial charge in [-0.2, -0.15) is 5.10 Å². The van der Waals surface area contributed by atoms with Crippen molar-refractivity contribution in [2.75, 3.05) is 10.6 Å². The number of hydrazone groups is 1. The van der Waals surface area contributed by atoms with Crippen LogP contribution in [0.15, 0.2) is 77.9 Å². The lowest BCUT2D eigenvalue weighted by molar-refractivity contribution is 0.0955. The molecule has 0 aliphatic carbocycles. The fourth-order valence-corrected chi connectivity index (χ4v) is 3.90. The third-order valence-corrected chi connectivity index (χ3v) is 6.04. The van der Waals surface area contributed by atoms with Crippen LogP contribution in [-0.4, -0.2) is 26.3 Å². The smallest absolute Gasteiger partial charge is 0.267 e. The predicted octanol–water partition coefficient (Wildman–Crippen LogP) is 4.60. The van der Waals surface area contributed by atoms with Crippen molar-refractivity contribution in [3.8, 4) is 0 Å². The van der Waals surface area contributed by atoms with E-state index in [4.69, 9.17) is 11.6 Å². The summed E-state index contributed by atoms with van der Waals surface area (Å²) in [5, 5.41) is 4.60. The average molecular weight is 474 g/mol. The molecule has 0 radical (unpaired) electrons. The molecule has 1 amide bonds. The van der Waals surface area contributed by atoms with Crippen LogP contribution in [0, 0.1) is 5.82 Å². The molecule has 0 bridgehead atoms. The maximum atomic E-state index is 13.0. The third kappa shape index (κ3) is 6.15. The van der Waals surface area contributed by atoms with Crippen LogP contribution in [-0.2, 0) is 16.6 Å². The van der Waals surface area contributed by atoms with Crippen LogP contribution in [0.1, 0.15) is 28.4 Å². The van der Waals surface area contributed by atoms with Crippen LogP contribution in [0.25, 0.3) is 0 Å². The summed E-state index contributed by atoms with van der Waals surface area (Å²) in [5.41, 5.74) is 5.14. The number of amides is 1. The second-order valence-electron chi connectivity index (χ2n) is 7.09. The first-order chi connectivity index (χ1) is 15.1. The van der Waals surface area contributed by atoms with Gasteiger partial charge in [-0.25, -0.2) is 18.2 Å². The Kier molecular flexibility index (Phi) is 7.27. The molecule has 0 aromatic heterocycles. The van der Waals surface area contributed by atoms with Gasteiger partial charge in [0.15, 0.2) is 0 Å². The largest absolute Gasteiger partial charge is 0.271 e. The highest BCUT2D eigenvalue weighted by atomic mass is 35.5. The van der Waals surface area contributed by atoms with Crippen molar-refractivity contribution < 1.29 is 17.6 Å². The van der Waals surface area contributed by atoms with E-state index in [1.54, 1.807) is 55.5 Å². The third-order valence-electron chi connectivity index (χ3n) is 4.64. The lowest BCUT2D eigenvalue weighted by atomic mass is 10.1. The Morgan fingerprint density at radius 3 is 2.09 bits per heavy atom. The van der Waals surface area contributed by atoms with E-state index in [9.17, 15) is 17.6 Å². The van der Waals surface area contributed by atoms with Gasteiger partial charge in [0.2, 0.25) is 10.0 Å². The molecule has 0 aliphatic heterocycles. The van der Waals surface area contributed by atoms with Crippen molar-refractivity contribution in [2.45, 2.75) is 13.5 Å². The predicted molar refractivity (Wildman–Crippen MR) is 125 cm³/mol. The van der Waals surface area contributed by atoms with Crippen LogP contribution < -0.4 is 9.73 Å². The molecule has 0 unspecified atom stereocenters. The van der Waals surface area contributed by atoms with Crippen LogP contribution >= 0.6 is 11.6 Å².